The molecule has 2 aromatic rings. The van der Waals surface area contributed by atoms with E-state index in [4.69, 9.17) is 5.73 Å². The number of tetrazole rings is 1. The number of benzene rings is 1. The van der Waals surface area contributed by atoms with Gasteiger partial charge in [-0.2, -0.15) is 5.21 Å². The third-order valence-electron chi connectivity index (χ3n) is 5.34. The van der Waals surface area contributed by atoms with Crippen molar-refractivity contribution in [1.82, 2.24) is 30.8 Å². The van der Waals surface area contributed by atoms with Gasteiger partial charge in [0.25, 0.3) is 11.8 Å². The number of para-hydroxylation sites is 1. The van der Waals surface area contributed by atoms with Crippen molar-refractivity contribution in [3.8, 4) is 0 Å². The Hall–Kier alpha value is -0.357. The molecule has 5 N–H and O–H groups in total. The van der Waals surface area contributed by atoms with Gasteiger partial charge in [-0.1, -0.05) is 30.0 Å². The van der Waals surface area contributed by atoms with Crippen LogP contribution in [0.25, 0.3) is 0 Å². The number of aromatic nitrogens is 4. The van der Waals surface area contributed by atoms with Crippen LogP contribution >= 0.6 is 23.5 Å². The molecular formula is C19H17K2N7O7S2. The Morgan fingerprint density at radius 2 is 2.00 bits per heavy atom. The summed E-state index contributed by atoms with van der Waals surface area (Å²) in [7, 11) is 0. The summed E-state index contributed by atoms with van der Waals surface area (Å²) in [5.41, 5.74) is 5.76. The van der Waals surface area contributed by atoms with Crippen LogP contribution in [-0.4, -0.2) is 76.8 Å². The number of nitrogens with two attached hydrogens (primary N) is 1. The predicted molar refractivity (Wildman–Crippen MR) is 116 cm³/mol. The van der Waals surface area contributed by atoms with Gasteiger partial charge in [0.15, 0.2) is 6.10 Å². The maximum atomic E-state index is 12.9. The number of fused-ring (bicyclic) bond motifs is 1. The summed E-state index contributed by atoms with van der Waals surface area (Å²) in [5.74, 6) is -4.75. The van der Waals surface area contributed by atoms with Gasteiger partial charge in [-0.05, 0) is 16.9 Å². The SMILES string of the molecule is Nc1ccccc1C(O)C(=O)NC1C(=O)N2C(C(=O)[O-])=C(C(CC(=O)[O-])Sc3nn[nH]n3)CS[C@@H]12.[K+].[K+]. The minimum Gasteiger partial charge on any atom is -0.550 e. The first-order chi connectivity index (χ1) is 16.7. The van der Waals surface area contributed by atoms with Crippen LogP contribution in [0.2, 0.25) is 0 Å². The van der Waals surface area contributed by atoms with Crippen molar-refractivity contribution in [1.29, 1.82) is 0 Å². The van der Waals surface area contributed by atoms with Gasteiger partial charge < -0.3 is 36.0 Å². The van der Waals surface area contributed by atoms with Crippen LogP contribution in [-0.2, 0) is 19.2 Å². The van der Waals surface area contributed by atoms with Crippen LogP contribution in [0.5, 0.6) is 0 Å². The van der Waals surface area contributed by atoms with E-state index in [1.165, 1.54) is 12.1 Å². The third-order valence-corrected chi connectivity index (χ3v) is 7.76. The number of hydrogen-bond donors (Lipinski definition) is 4. The number of aliphatic hydroxyl groups excluding tert-OH is 1. The van der Waals surface area contributed by atoms with Gasteiger partial charge >= 0.3 is 103 Å². The number of nitrogens with one attached hydrogen (secondary N) is 2. The van der Waals surface area contributed by atoms with E-state index in [9.17, 15) is 34.5 Å². The van der Waals surface area contributed by atoms with Crippen LogP contribution in [0, 0.1) is 0 Å². The Morgan fingerprint density at radius 3 is 2.59 bits per heavy atom. The molecule has 2 aliphatic rings. The quantitative estimate of drug-likeness (QED) is 0.0911. The number of H-pyrrole nitrogens is 1. The largest absolute Gasteiger partial charge is 1.00 e. The number of carbonyl (C=O) groups is 4. The first kappa shape index (κ1) is 32.9. The average molecular weight is 598 g/mol. The Labute approximate surface area is 303 Å². The molecule has 37 heavy (non-hydrogen) atoms. The molecule has 0 aliphatic carbocycles. The summed E-state index contributed by atoms with van der Waals surface area (Å²) in [6, 6.07) is 5.07. The molecule has 0 spiro atoms. The second-order valence-corrected chi connectivity index (χ2v) is 9.74. The molecule has 0 saturated carbocycles. The number of aliphatic hydroxyl groups is 1. The molecule has 14 nitrogen and oxygen atoms in total. The third kappa shape index (κ3) is 7.24. The molecule has 1 saturated heterocycles. The summed E-state index contributed by atoms with van der Waals surface area (Å²) < 4.78 is 0. The summed E-state index contributed by atoms with van der Waals surface area (Å²) >= 11 is 1.96. The monoisotopic (exact) mass is 597 g/mol. The molecule has 1 aromatic carbocycles. The standard InChI is InChI=1S/C19H19N7O7S2.2K/c20-9-4-2-1-3-7(9)14(29)15(30)21-12-16(31)26-13(18(32)33)8(6-34-17(12)26)10(5-11(27)28)35-19-22-24-25-23-19;;/h1-4,10,12,14,17,29H,5-6,20H2,(H,21,30)(H,27,28)(H,32,33)(H,22,23,24,25);;/q;2*+1/p-2/t10?,12?,14?,17-;;/m0../s1. The van der Waals surface area contributed by atoms with Crippen LogP contribution in [0.3, 0.4) is 0 Å². The second-order valence-electron chi connectivity index (χ2n) is 7.47. The maximum Gasteiger partial charge on any atom is 1.00 e. The van der Waals surface area contributed by atoms with Gasteiger partial charge in [0.1, 0.15) is 11.4 Å². The normalized spacial score (nSPS) is 19.9. The smallest absolute Gasteiger partial charge is 0.550 e. The van der Waals surface area contributed by atoms with Crippen molar-refractivity contribution in [3.05, 3.63) is 41.1 Å². The number of aromatic amines is 1. The molecule has 3 unspecified atom stereocenters. The summed E-state index contributed by atoms with van der Waals surface area (Å²) in [6.07, 6.45) is -2.22. The van der Waals surface area contributed by atoms with E-state index in [0.29, 0.717) is 0 Å². The van der Waals surface area contributed by atoms with E-state index in [-0.39, 0.29) is 131 Å². The number of rotatable bonds is 9. The molecule has 1 fully saturated rings. The van der Waals surface area contributed by atoms with Crippen molar-refractivity contribution in [3.63, 3.8) is 0 Å². The fourth-order valence-corrected chi connectivity index (χ4v) is 6.25. The number of amides is 2. The van der Waals surface area contributed by atoms with Gasteiger partial charge in [-0.3, -0.25) is 14.5 Å². The number of β-lactam (4-membered cyclic amide) rings is 1. The molecular weight excluding hydrogens is 581 g/mol. The van der Waals surface area contributed by atoms with Gasteiger partial charge in [0.05, 0.1) is 11.7 Å². The number of carboxylic acids is 2. The van der Waals surface area contributed by atoms with Crippen molar-refractivity contribution in [2.45, 2.75) is 34.3 Å². The number of nitrogen functional groups attached to an aromatic ring is 1. The Kier molecular flexibility index (Phi) is 12.7. The molecule has 1 aromatic heterocycles. The van der Waals surface area contributed by atoms with Gasteiger partial charge in [-0.25, -0.2) is 0 Å². The molecule has 4 rings (SSSR count). The molecule has 18 heteroatoms. The number of anilines is 1. The van der Waals surface area contributed by atoms with E-state index in [1.54, 1.807) is 12.1 Å². The summed E-state index contributed by atoms with van der Waals surface area (Å²) in [4.78, 5) is 49.7. The second kappa shape index (κ2) is 14.3. The molecule has 2 amide bonds. The number of aliphatic carboxylic acids is 2. The van der Waals surface area contributed by atoms with Crippen LogP contribution in [0.15, 0.2) is 40.7 Å². The van der Waals surface area contributed by atoms with Crippen LogP contribution in [0.1, 0.15) is 18.1 Å². The van der Waals surface area contributed by atoms with E-state index in [0.717, 1.165) is 28.4 Å². The molecule has 184 valence electrons. The minimum atomic E-state index is -1.68. The number of thioether (sulfide) groups is 2. The summed E-state index contributed by atoms with van der Waals surface area (Å²) in [6.45, 7) is 0. The zero-order valence-corrected chi connectivity index (χ0v) is 27.5. The van der Waals surface area contributed by atoms with Crippen molar-refractivity contribution in [2.24, 2.45) is 0 Å². The fraction of sp³-hybridized carbons (Fsp3) is 0.316. The molecule has 4 atom stereocenters. The minimum absolute atomic E-state index is 0. The Bertz CT molecular complexity index is 1220. The average Bonchev–Trinajstić information content (AvgIpc) is 3.33. The molecule has 0 bridgehead atoms. The Morgan fingerprint density at radius 1 is 1.30 bits per heavy atom. The van der Waals surface area contributed by atoms with Crippen molar-refractivity contribution in [2.75, 3.05) is 11.5 Å². The van der Waals surface area contributed by atoms with Crippen LogP contribution in [0.4, 0.5) is 5.69 Å². The van der Waals surface area contributed by atoms with E-state index in [1.807, 2.05) is 0 Å². The summed E-state index contributed by atoms with van der Waals surface area (Å²) in [5, 5.41) is 47.5. The van der Waals surface area contributed by atoms with E-state index < -0.39 is 58.6 Å². The first-order valence-electron chi connectivity index (χ1n) is 10.0. The van der Waals surface area contributed by atoms with Gasteiger partial charge in [0, 0.05) is 34.6 Å². The molecule has 0 radical (unpaired) electrons. The number of carboxylic acid groups (broad SMARTS) is 2. The number of carbonyl (C=O) groups excluding carboxylic acids is 4. The predicted octanol–water partition coefficient (Wildman–Crippen LogP) is -9.47. The number of nitrogens with zero attached hydrogens (tertiary/aromatic N) is 4. The van der Waals surface area contributed by atoms with Crippen molar-refractivity contribution < 1.29 is 137 Å². The zero-order valence-electron chi connectivity index (χ0n) is 19.6. The molecule has 3 heterocycles. The van der Waals surface area contributed by atoms with E-state index >= 15 is 0 Å². The Balaban J connectivity index is 0.00000241. The van der Waals surface area contributed by atoms with Gasteiger partial charge in [0.2, 0.25) is 5.16 Å². The van der Waals surface area contributed by atoms with E-state index in [2.05, 4.69) is 25.9 Å². The maximum absolute atomic E-state index is 12.9. The fourth-order valence-electron chi connectivity index (χ4n) is 3.73. The van der Waals surface area contributed by atoms with Crippen molar-refractivity contribution >= 4 is 53.0 Å². The first-order valence-corrected chi connectivity index (χ1v) is 11.9. The van der Waals surface area contributed by atoms with Gasteiger partial charge in [-0.15, -0.1) is 22.0 Å². The zero-order chi connectivity index (χ0) is 25.3. The van der Waals surface area contributed by atoms with Crippen LogP contribution < -0.4 is 124 Å². The number of hydrogen-bond acceptors (Lipinski definition) is 13. The molecule has 2 aliphatic heterocycles. The topological polar surface area (TPSA) is 230 Å².